The number of nitrogens with two attached hydrogens (primary N) is 1. The van der Waals surface area contributed by atoms with Crippen molar-refractivity contribution in [3.63, 3.8) is 0 Å². The van der Waals surface area contributed by atoms with Gasteiger partial charge in [-0.15, -0.1) is 0 Å². The fraction of sp³-hybridized carbons (Fsp3) is 0.647. The molecular formula is C17H28BrFN2. The zero-order valence-electron chi connectivity index (χ0n) is 13.0. The first kappa shape index (κ1) is 18.6. The summed E-state index contributed by atoms with van der Waals surface area (Å²) in [5.74, 6) is 5.41. The molecule has 3 N–H and O–H groups in total. The Morgan fingerprint density at radius 1 is 1.14 bits per heavy atom. The number of halogens is 2. The van der Waals surface area contributed by atoms with Crippen molar-refractivity contribution in [2.75, 3.05) is 0 Å². The molecule has 0 aliphatic heterocycles. The summed E-state index contributed by atoms with van der Waals surface area (Å²) in [6, 6.07) is 5.43. The minimum absolute atomic E-state index is 0.219. The lowest BCUT2D eigenvalue weighted by molar-refractivity contribution is 0.458. The van der Waals surface area contributed by atoms with E-state index >= 15 is 0 Å². The maximum atomic E-state index is 13.2. The van der Waals surface area contributed by atoms with Crippen molar-refractivity contribution < 1.29 is 4.39 Å². The van der Waals surface area contributed by atoms with Crippen LogP contribution in [0.3, 0.4) is 0 Å². The molecule has 21 heavy (non-hydrogen) atoms. The molecule has 0 aliphatic rings. The lowest BCUT2D eigenvalue weighted by Crippen LogP contribution is -2.36. The molecule has 0 aliphatic carbocycles. The van der Waals surface area contributed by atoms with Crippen LogP contribution in [0.1, 0.15) is 63.9 Å². The van der Waals surface area contributed by atoms with Gasteiger partial charge in [0.2, 0.25) is 0 Å². The zero-order valence-corrected chi connectivity index (χ0v) is 14.6. The highest BCUT2D eigenvalue weighted by molar-refractivity contribution is 9.10. The summed E-state index contributed by atoms with van der Waals surface area (Å²) in [7, 11) is 0. The first-order valence-electron chi connectivity index (χ1n) is 8.07. The third-order valence-electron chi connectivity index (χ3n) is 3.86. The summed E-state index contributed by atoms with van der Waals surface area (Å²) in [6.07, 6.45) is 11.1. The SMILES string of the molecule is CCCCCCCCCC(Cc1ccc(F)c(Br)c1)NN. The van der Waals surface area contributed by atoms with Crippen molar-refractivity contribution in [2.45, 2.75) is 70.8 Å². The predicted molar refractivity (Wildman–Crippen MR) is 91.5 cm³/mol. The number of unbranched alkanes of at least 4 members (excludes halogenated alkanes) is 6. The first-order valence-corrected chi connectivity index (χ1v) is 8.86. The number of benzene rings is 1. The minimum Gasteiger partial charge on any atom is -0.271 e. The second-order valence-electron chi connectivity index (χ2n) is 5.73. The highest BCUT2D eigenvalue weighted by Gasteiger charge is 2.09. The van der Waals surface area contributed by atoms with Gasteiger partial charge in [-0.1, -0.05) is 57.9 Å². The van der Waals surface area contributed by atoms with Crippen molar-refractivity contribution in [3.05, 3.63) is 34.1 Å². The highest BCUT2D eigenvalue weighted by atomic mass is 79.9. The van der Waals surface area contributed by atoms with Crippen LogP contribution >= 0.6 is 15.9 Å². The van der Waals surface area contributed by atoms with E-state index in [-0.39, 0.29) is 11.9 Å². The Balaban J connectivity index is 2.23. The maximum absolute atomic E-state index is 13.2. The van der Waals surface area contributed by atoms with Crippen molar-refractivity contribution in [1.82, 2.24) is 5.43 Å². The Morgan fingerprint density at radius 3 is 2.43 bits per heavy atom. The summed E-state index contributed by atoms with van der Waals surface area (Å²) in [4.78, 5) is 0. The molecule has 1 unspecified atom stereocenters. The van der Waals surface area contributed by atoms with Gasteiger partial charge < -0.3 is 0 Å². The van der Waals surface area contributed by atoms with Crippen molar-refractivity contribution in [2.24, 2.45) is 5.84 Å². The average molecular weight is 359 g/mol. The molecule has 0 saturated carbocycles. The molecule has 1 atom stereocenters. The van der Waals surface area contributed by atoms with Crippen LogP contribution in [0, 0.1) is 5.82 Å². The molecule has 0 saturated heterocycles. The molecule has 0 amide bonds. The number of hydrogen-bond donors (Lipinski definition) is 2. The quantitative estimate of drug-likeness (QED) is 0.328. The van der Waals surface area contributed by atoms with Crippen LogP contribution < -0.4 is 11.3 Å². The van der Waals surface area contributed by atoms with Crippen LogP contribution in [-0.4, -0.2) is 6.04 Å². The average Bonchev–Trinajstić information content (AvgIpc) is 2.48. The molecule has 0 bridgehead atoms. The topological polar surface area (TPSA) is 38.0 Å². The summed E-state index contributed by atoms with van der Waals surface area (Å²) in [5, 5.41) is 0. The molecule has 1 aromatic carbocycles. The predicted octanol–water partition coefficient (Wildman–Crippen LogP) is 5.10. The van der Waals surface area contributed by atoms with Gasteiger partial charge in [0.25, 0.3) is 0 Å². The van der Waals surface area contributed by atoms with Gasteiger partial charge in [-0.3, -0.25) is 11.3 Å². The Morgan fingerprint density at radius 2 is 1.81 bits per heavy atom. The summed E-state index contributed by atoms with van der Waals surface area (Å²) in [6.45, 7) is 2.24. The van der Waals surface area contributed by atoms with Gasteiger partial charge in [0.05, 0.1) is 4.47 Å². The fourth-order valence-corrected chi connectivity index (χ4v) is 2.97. The monoisotopic (exact) mass is 358 g/mol. The summed E-state index contributed by atoms with van der Waals surface area (Å²) in [5.41, 5.74) is 3.99. The van der Waals surface area contributed by atoms with Crippen molar-refractivity contribution >= 4 is 15.9 Å². The van der Waals surface area contributed by atoms with Crippen molar-refractivity contribution in [1.29, 1.82) is 0 Å². The molecule has 0 aromatic heterocycles. The lowest BCUT2D eigenvalue weighted by atomic mass is 10.00. The number of hydrazine groups is 1. The molecule has 0 heterocycles. The Bertz CT molecular complexity index is 398. The van der Waals surface area contributed by atoms with E-state index in [9.17, 15) is 4.39 Å². The van der Waals surface area contributed by atoms with E-state index in [4.69, 9.17) is 5.84 Å². The summed E-state index contributed by atoms with van der Waals surface area (Å²) < 4.78 is 13.7. The highest BCUT2D eigenvalue weighted by Crippen LogP contribution is 2.19. The van der Waals surface area contributed by atoms with Crippen LogP contribution in [0.4, 0.5) is 4.39 Å². The molecule has 0 radical (unpaired) electrons. The van der Waals surface area contributed by atoms with Gasteiger partial charge in [0.15, 0.2) is 0 Å². The summed E-state index contributed by atoms with van der Waals surface area (Å²) >= 11 is 3.23. The van der Waals surface area contributed by atoms with Crippen LogP contribution in [0.25, 0.3) is 0 Å². The van der Waals surface area contributed by atoms with Crippen LogP contribution in [0.5, 0.6) is 0 Å². The van der Waals surface area contributed by atoms with Gasteiger partial charge >= 0.3 is 0 Å². The van der Waals surface area contributed by atoms with Crippen molar-refractivity contribution in [3.8, 4) is 0 Å². The second kappa shape index (κ2) is 11.2. The standard InChI is InChI=1S/C17H28BrFN2/c1-2-3-4-5-6-7-8-9-15(21-20)12-14-10-11-17(19)16(18)13-14/h10-11,13,15,21H,2-9,12,20H2,1H3. The van der Waals surface area contributed by atoms with Crippen LogP contribution in [0.15, 0.2) is 22.7 Å². The largest absolute Gasteiger partial charge is 0.271 e. The van der Waals surface area contributed by atoms with Gasteiger partial charge in [-0.25, -0.2) is 4.39 Å². The third kappa shape index (κ3) is 7.93. The molecule has 2 nitrogen and oxygen atoms in total. The normalized spacial score (nSPS) is 12.6. The molecular weight excluding hydrogens is 331 g/mol. The molecule has 120 valence electrons. The van der Waals surface area contributed by atoms with Gasteiger partial charge in [0.1, 0.15) is 5.82 Å². The van der Waals surface area contributed by atoms with E-state index in [0.717, 1.165) is 18.4 Å². The Hall–Kier alpha value is -0.450. The molecule has 0 spiro atoms. The van der Waals surface area contributed by atoms with E-state index in [0.29, 0.717) is 4.47 Å². The third-order valence-corrected chi connectivity index (χ3v) is 4.47. The van der Waals surface area contributed by atoms with Gasteiger partial charge in [-0.05, 0) is 46.5 Å². The number of hydrogen-bond acceptors (Lipinski definition) is 2. The molecule has 1 rings (SSSR count). The lowest BCUT2D eigenvalue weighted by Gasteiger charge is -2.16. The van der Waals surface area contributed by atoms with Gasteiger partial charge in [-0.2, -0.15) is 0 Å². The first-order chi connectivity index (χ1) is 10.2. The Kier molecular flexibility index (Phi) is 9.89. The minimum atomic E-state index is -0.219. The van der Waals surface area contributed by atoms with Crippen LogP contribution in [0.2, 0.25) is 0 Å². The zero-order chi connectivity index (χ0) is 15.5. The van der Waals surface area contributed by atoms with Gasteiger partial charge in [0, 0.05) is 6.04 Å². The van der Waals surface area contributed by atoms with E-state index in [1.165, 1.54) is 51.0 Å². The van der Waals surface area contributed by atoms with E-state index < -0.39 is 0 Å². The van der Waals surface area contributed by atoms with E-state index in [1.54, 1.807) is 0 Å². The second-order valence-corrected chi connectivity index (χ2v) is 6.58. The van der Waals surface area contributed by atoms with E-state index in [2.05, 4.69) is 28.3 Å². The smallest absolute Gasteiger partial charge is 0.137 e. The number of nitrogens with one attached hydrogen (secondary N) is 1. The number of rotatable bonds is 11. The molecule has 0 fully saturated rings. The fourth-order valence-electron chi connectivity index (χ4n) is 2.54. The van der Waals surface area contributed by atoms with E-state index in [1.807, 2.05) is 12.1 Å². The molecule has 1 aromatic rings. The maximum Gasteiger partial charge on any atom is 0.137 e. The molecule has 4 heteroatoms. The van der Waals surface area contributed by atoms with Crippen LogP contribution in [-0.2, 0) is 6.42 Å². The Labute approximate surface area is 136 Å².